The van der Waals surface area contributed by atoms with Crippen LogP contribution in [0.3, 0.4) is 0 Å². The molecular weight excluding hydrogens is 392 g/mol. The van der Waals surface area contributed by atoms with Crippen LogP contribution in [0.25, 0.3) is 11.2 Å². The third kappa shape index (κ3) is 2.75. The van der Waals surface area contributed by atoms with Crippen LogP contribution in [0.4, 0.5) is 5.82 Å². The van der Waals surface area contributed by atoms with E-state index in [0.717, 1.165) is 11.3 Å². The largest absolute Gasteiger partial charge is 0.493 e. The molecule has 11 heteroatoms. The Hall–Kier alpha value is -2.83. The van der Waals surface area contributed by atoms with E-state index in [2.05, 4.69) is 20.3 Å². The Labute approximate surface area is 171 Å². The average molecular weight is 414 g/mol. The molecule has 2 aromatic heterocycles. The molecule has 0 amide bonds. The summed E-state index contributed by atoms with van der Waals surface area (Å²) < 4.78 is 13.3. The average Bonchev–Trinajstić information content (AvgIpc) is 3.31. The molecule has 0 bridgehead atoms. The zero-order chi connectivity index (χ0) is 20.9. The summed E-state index contributed by atoms with van der Waals surface area (Å²) in [5, 5.41) is 34.7. The van der Waals surface area contributed by atoms with E-state index in [1.54, 1.807) is 0 Å². The highest BCUT2D eigenvalue weighted by molar-refractivity contribution is 5.81. The number of hydrogen-bond acceptors (Lipinski definition) is 10. The molecular formula is C19H22N6O5. The Kier molecular flexibility index (Phi) is 4.56. The fraction of sp³-hybridized carbons (Fsp3) is 0.421. The minimum absolute atomic E-state index is 0.178. The van der Waals surface area contributed by atoms with Crippen molar-refractivity contribution in [1.29, 1.82) is 0 Å². The number of ether oxygens (including phenoxy) is 2. The molecule has 3 aromatic rings. The van der Waals surface area contributed by atoms with Crippen LogP contribution in [0.2, 0.25) is 0 Å². The molecule has 5 rings (SSSR count). The van der Waals surface area contributed by atoms with Gasteiger partial charge in [-0.1, -0.05) is 18.2 Å². The lowest BCUT2D eigenvalue weighted by molar-refractivity contribution is -0.175. The highest BCUT2D eigenvalue weighted by Crippen LogP contribution is 2.40. The van der Waals surface area contributed by atoms with Gasteiger partial charge in [-0.2, -0.15) is 0 Å². The van der Waals surface area contributed by atoms with Crippen LogP contribution in [0, 0.1) is 0 Å². The minimum Gasteiger partial charge on any atom is -0.493 e. The maximum absolute atomic E-state index is 11.1. The first-order valence-electron chi connectivity index (χ1n) is 9.63. The maximum Gasteiger partial charge on any atom is 0.235 e. The molecule has 2 aliphatic rings. The van der Waals surface area contributed by atoms with Crippen LogP contribution in [0.15, 0.2) is 36.9 Å². The highest BCUT2D eigenvalue weighted by atomic mass is 16.6. The van der Waals surface area contributed by atoms with Gasteiger partial charge >= 0.3 is 0 Å². The van der Waals surface area contributed by atoms with Crippen LogP contribution in [-0.2, 0) is 10.6 Å². The number of aromatic nitrogens is 4. The summed E-state index contributed by atoms with van der Waals surface area (Å²) in [5.74, 6) is -0.750. The number of imidazole rings is 1. The first-order valence-corrected chi connectivity index (χ1v) is 9.63. The maximum atomic E-state index is 11.1. The van der Waals surface area contributed by atoms with Gasteiger partial charge in [0.25, 0.3) is 0 Å². The third-order valence-corrected chi connectivity index (χ3v) is 5.68. The van der Waals surface area contributed by atoms with E-state index >= 15 is 0 Å². The van der Waals surface area contributed by atoms with Crippen molar-refractivity contribution in [2.24, 2.45) is 0 Å². The normalized spacial score (nSPS) is 30.9. The van der Waals surface area contributed by atoms with Gasteiger partial charge in [0.1, 0.15) is 42.2 Å². The predicted octanol–water partition coefficient (Wildman–Crippen LogP) is -0.755. The van der Waals surface area contributed by atoms with Crippen molar-refractivity contribution in [1.82, 2.24) is 24.8 Å². The molecule has 5 atom stereocenters. The number of benzene rings is 1. The molecule has 2 aliphatic heterocycles. The van der Waals surface area contributed by atoms with Gasteiger partial charge in [-0.15, -0.1) is 0 Å². The Bertz CT molecular complexity index is 1080. The summed E-state index contributed by atoms with van der Waals surface area (Å²) in [6, 6.07) is 7.30. The predicted molar refractivity (Wildman–Crippen MR) is 104 cm³/mol. The fourth-order valence-corrected chi connectivity index (χ4v) is 4.18. The molecule has 0 radical (unpaired) electrons. The summed E-state index contributed by atoms with van der Waals surface area (Å²) >= 11 is 0. The molecule has 1 unspecified atom stereocenters. The third-order valence-electron chi connectivity index (χ3n) is 5.68. The molecule has 0 aliphatic carbocycles. The van der Waals surface area contributed by atoms with Crippen molar-refractivity contribution in [3.63, 3.8) is 0 Å². The lowest BCUT2D eigenvalue weighted by Crippen LogP contribution is -2.57. The summed E-state index contributed by atoms with van der Waals surface area (Å²) in [7, 11) is 0. The zero-order valence-corrected chi connectivity index (χ0v) is 15.9. The van der Waals surface area contributed by atoms with Crippen LogP contribution in [0.1, 0.15) is 18.0 Å². The van der Waals surface area contributed by atoms with E-state index < -0.39 is 30.8 Å². The quantitative estimate of drug-likeness (QED) is 0.367. The number of para-hydroxylation sites is 1. The Balaban J connectivity index is 1.65. The molecule has 30 heavy (non-hydrogen) atoms. The van der Waals surface area contributed by atoms with Crippen molar-refractivity contribution < 1.29 is 24.8 Å². The van der Waals surface area contributed by atoms with Gasteiger partial charge in [-0.05, 0) is 6.07 Å². The lowest BCUT2D eigenvalue weighted by Gasteiger charge is -2.39. The lowest BCUT2D eigenvalue weighted by atomic mass is 9.98. The molecule has 0 saturated carbocycles. The molecule has 11 nitrogen and oxygen atoms in total. The Morgan fingerprint density at radius 2 is 2.07 bits per heavy atom. The van der Waals surface area contributed by atoms with Crippen molar-refractivity contribution in [2.45, 2.75) is 36.6 Å². The molecule has 0 spiro atoms. The van der Waals surface area contributed by atoms with Gasteiger partial charge in [-0.25, -0.2) is 15.0 Å². The van der Waals surface area contributed by atoms with E-state index in [-0.39, 0.29) is 11.9 Å². The fourth-order valence-electron chi connectivity index (χ4n) is 4.18. The summed E-state index contributed by atoms with van der Waals surface area (Å²) in [6.45, 7) is -0.0115. The molecule has 158 valence electrons. The second kappa shape index (κ2) is 7.15. The van der Waals surface area contributed by atoms with Gasteiger partial charge in [0.15, 0.2) is 11.5 Å². The zero-order valence-electron chi connectivity index (χ0n) is 15.9. The molecule has 4 heterocycles. The number of nitrogens with two attached hydrogens (primary N) is 1. The second-order valence-corrected chi connectivity index (χ2v) is 7.39. The Morgan fingerprint density at radius 1 is 1.23 bits per heavy atom. The number of anilines is 1. The highest BCUT2D eigenvalue weighted by Gasteiger charge is 2.57. The first-order chi connectivity index (χ1) is 14.5. The number of nitrogens with one attached hydrogen (secondary N) is 1. The summed E-state index contributed by atoms with van der Waals surface area (Å²) in [5.41, 5.74) is 7.46. The van der Waals surface area contributed by atoms with Crippen molar-refractivity contribution in [2.75, 3.05) is 18.9 Å². The van der Waals surface area contributed by atoms with Gasteiger partial charge in [0, 0.05) is 18.0 Å². The summed E-state index contributed by atoms with van der Waals surface area (Å²) in [4.78, 5) is 12.5. The minimum atomic E-state index is -1.66. The number of aliphatic hydroxyl groups is 3. The smallest absolute Gasteiger partial charge is 0.235 e. The monoisotopic (exact) mass is 414 g/mol. The van der Waals surface area contributed by atoms with E-state index in [4.69, 9.17) is 15.2 Å². The molecule has 1 aromatic carbocycles. The second-order valence-electron chi connectivity index (χ2n) is 7.39. The standard InChI is InChI=1S/C19H22N6O5/c20-17-14-18(22-8-21-17)25(9-23-14)19(16(28)15(27)13(7-26)30-19)24-11-5-6-29-12-4-2-1-3-10(11)12/h1-4,8-9,11,13,15-16,24,26-28H,5-7H2,(H2,20,21,22)/t11?,13-,15-,16-,19+/m1/s1. The van der Waals surface area contributed by atoms with Gasteiger partial charge in [-0.3, -0.25) is 9.88 Å². The number of nitrogens with zero attached hydrogens (tertiary/aromatic N) is 4. The van der Waals surface area contributed by atoms with E-state index in [0.29, 0.717) is 24.2 Å². The number of nitrogen functional groups attached to an aromatic ring is 1. The van der Waals surface area contributed by atoms with Crippen molar-refractivity contribution in [3.05, 3.63) is 42.5 Å². The van der Waals surface area contributed by atoms with Crippen molar-refractivity contribution in [3.8, 4) is 5.75 Å². The number of rotatable bonds is 4. The molecule has 1 saturated heterocycles. The van der Waals surface area contributed by atoms with Gasteiger partial charge in [0.05, 0.1) is 13.2 Å². The van der Waals surface area contributed by atoms with E-state index in [9.17, 15) is 15.3 Å². The van der Waals surface area contributed by atoms with E-state index in [1.807, 2.05) is 24.3 Å². The summed E-state index contributed by atoms with van der Waals surface area (Å²) in [6.07, 6.45) is -0.483. The number of aliphatic hydroxyl groups excluding tert-OH is 3. The number of hydrogen-bond donors (Lipinski definition) is 5. The molecule has 6 N–H and O–H groups in total. The Morgan fingerprint density at radius 3 is 2.87 bits per heavy atom. The van der Waals surface area contributed by atoms with Crippen LogP contribution >= 0.6 is 0 Å². The van der Waals surface area contributed by atoms with Gasteiger partial charge < -0.3 is 30.5 Å². The number of fused-ring (bicyclic) bond motifs is 2. The van der Waals surface area contributed by atoms with Gasteiger partial charge in [0.2, 0.25) is 5.85 Å². The van der Waals surface area contributed by atoms with E-state index in [1.165, 1.54) is 17.2 Å². The van der Waals surface area contributed by atoms with Crippen molar-refractivity contribution >= 4 is 17.0 Å². The van der Waals surface area contributed by atoms with Crippen LogP contribution < -0.4 is 15.8 Å². The molecule has 1 fully saturated rings. The SMILES string of the molecule is Nc1ncnc2c1ncn2[C@]1(NC2CCOc3ccccc32)O[C@H](CO)[C@@H](O)[C@H]1O. The first kappa shape index (κ1) is 19.2. The topological polar surface area (TPSA) is 161 Å². The van der Waals surface area contributed by atoms with Crippen LogP contribution in [-0.4, -0.2) is 66.4 Å². The van der Waals surface area contributed by atoms with Crippen LogP contribution in [0.5, 0.6) is 5.75 Å².